The van der Waals surface area contributed by atoms with Gasteiger partial charge in [0.2, 0.25) is 0 Å². The Bertz CT molecular complexity index is 2890. The van der Waals surface area contributed by atoms with Crippen molar-refractivity contribution in [2.24, 2.45) is 4.99 Å². The molecule has 0 saturated carbocycles. The van der Waals surface area contributed by atoms with Gasteiger partial charge in [-0.2, -0.15) is 0 Å². The first-order chi connectivity index (χ1) is 28.9. The molecule has 4 heteroatoms. The van der Waals surface area contributed by atoms with Crippen LogP contribution in [-0.2, 0) is 0 Å². The van der Waals surface area contributed by atoms with E-state index in [-0.39, 0.29) is 6.17 Å². The molecule has 1 unspecified atom stereocenters. The highest BCUT2D eigenvalue weighted by Crippen LogP contribution is 2.36. The highest BCUT2D eigenvalue weighted by Gasteiger charge is 2.21. The third-order valence-electron chi connectivity index (χ3n) is 11.4. The van der Waals surface area contributed by atoms with Crippen LogP contribution in [0, 0.1) is 27.7 Å². The fourth-order valence-corrected chi connectivity index (χ4v) is 8.16. The highest BCUT2D eigenvalue weighted by molar-refractivity contribution is 6.03. The van der Waals surface area contributed by atoms with Crippen molar-refractivity contribution in [3.63, 3.8) is 0 Å². The molecule has 9 rings (SSSR count). The van der Waals surface area contributed by atoms with E-state index in [2.05, 4.69) is 197 Å². The zero-order chi connectivity index (χ0) is 40.3. The Labute approximate surface area is 347 Å². The van der Waals surface area contributed by atoms with Crippen LogP contribution >= 0.6 is 0 Å². The molecule has 0 fully saturated rings. The summed E-state index contributed by atoms with van der Waals surface area (Å²) in [4.78, 5) is 15.8. The lowest BCUT2D eigenvalue weighted by atomic mass is 9.94. The minimum atomic E-state index is -0.214. The number of allylic oxidation sites excluding steroid dienone is 1. The number of benzene rings is 7. The van der Waals surface area contributed by atoms with Crippen molar-refractivity contribution in [3.05, 3.63) is 221 Å². The van der Waals surface area contributed by atoms with Crippen LogP contribution in [0.2, 0.25) is 0 Å². The maximum Gasteiger partial charge on any atom is 0.160 e. The zero-order valence-corrected chi connectivity index (χ0v) is 33.9. The van der Waals surface area contributed by atoms with Crippen LogP contribution in [0.15, 0.2) is 187 Å². The molecule has 7 aromatic carbocycles. The molecular formula is C55H46N4. The summed E-state index contributed by atoms with van der Waals surface area (Å²) in [7, 11) is 0. The number of aryl methyl sites for hydroxylation is 3. The zero-order valence-electron chi connectivity index (χ0n) is 33.9. The topological polar surface area (TPSA) is 50.2 Å². The largest absolute Gasteiger partial charge is 0.360 e. The predicted octanol–water partition coefficient (Wildman–Crippen LogP) is 13.6. The Hall–Kier alpha value is -7.17. The van der Waals surface area contributed by atoms with Gasteiger partial charge in [-0.15, -0.1) is 0 Å². The van der Waals surface area contributed by atoms with Gasteiger partial charge >= 0.3 is 0 Å². The molecule has 0 saturated heterocycles. The van der Waals surface area contributed by atoms with Crippen molar-refractivity contribution < 1.29 is 0 Å². The summed E-state index contributed by atoms with van der Waals surface area (Å²) in [5, 5.41) is 3.81. The fraction of sp³-hybridized carbons (Fsp3) is 0.109. The smallest absolute Gasteiger partial charge is 0.160 e. The van der Waals surface area contributed by atoms with E-state index in [0.29, 0.717) is 0 Å². The molecule has 0 amide bonds. The van der Waals surface area contributed by atoms with E-state index >= 15 is 0 Å². The van der Waals surface area contributed by atoms with Crippen LogP contribution < -0.4 is 5.32 Å². The lowest BCUT2D eigenvalue weighted by Gasteiger charge is -2.21. The summed E-state index contributed by atoms with van der Waals surface area (Å²) in [6, 6.07) is 62.2. The van der Waals surface area contributed by atoms with Gasteiger partial charge in [0, 0.05) is 45.6 Å². The summed E-state index contributed by atoms with van der Waals surface area (Å²) >= 11 is 0. The minimum absolute atomic E-state index is 0.214. The van der Waals surface area contributed by atoms with Gasteiger partial charge in [0.15, 0.2) is 5.82 Å². The number of nitrogens with one attached hydrogen (secondary N) is 1. The first-order valence-electron chi connectivity index (χ1n) is 20.4. The fourth-order valence-electron chi connectivity index (χ4n) is 8.16. The van der Waals surface area contributed by atoms with E-state index in [0.717, 1.165) is 85.1 Å². The molecule has 1 aliphatic heterocycles. The number of rotatable bonds is 8. The molecule has 1 aromatic heterocycles. The first kappa shape index (κ1) is 37.4. The van der Waals surface area contributed by atoms with Gasteiger partial charge in [-0.25, -0.2) is 9.97 Å². The third-order valence-corrected chi connectivity index (χ3v) is 11.4. The highest BCUT2D eigenvalue weighted by atomic mass is 15.1. The molecule has 0 bridgehead atoms. The van der Waals surface area contributed by atoms with Gasteiger partial charge < -0.3 is 5.32 Å². The van der Waals surface area contributed by atoms with Crippen LogP contribution in [0.3, 0.4) is 0 Å². The Balaban J connectivity index is 1.08. The van der Waals surface area contributed by atoms with Gasteiger partial charge in [-0.3, -0.25) is 4.99 Å². The Morgan fingerprint density at radius 3 is 1.58 bits per heavy atom. The molecule has 0 spiro atoms. The van der Waals surface area contributed by atoms with Crippen molar-refractivity contribution in [2.75, 3.05) is 0 Å². The standard InChI is InChI=1S/C55H46N4/c1-36-17-8-11-28-47(36)51-32-31-50(56-55(57-51)49-30-13-10-19-38(49)3)45-26-15-24-43(34-45)41-22-14-23-42(33-41)44-25-16-27-46(35-44)52-39(4)53(48-29-12-9-18-37(48)2)59-54(58-52)40-20-6-5-7-21-40/h5-30,32-35,55,57H,31H2,1-4H3. The molecule has 0 radical (unpaired) electrons. The quantitative estimate of drug-likeness (QED) is 0.168. The van der Waals surface area contributed by atoms with Gasteiger partial charge in [-0.1, -0.05) is 164 Å². The monoisotopic (exact) mass is 762 g/mol. The van der Waals surface area contributed by atoms with E-state index in [4.69, 9.17) is 15.0 Å². The summed E-state index contributed by atoms with van der Waals surface area (Å²) < 4.78 is 0. The molecule has 286 valence electrons. The van der Waals surface area contributed by atoms with Crippen molar-refractivity contribution in [1.29, 1.82) is 0 Å². The van der Waals surface area contributed by atoms with Gasteiger partial charge in [0.25, 0.3) is 0 Å². The molecular weight excluding hydrogens is 717 g/mol. The number of hydrogen-bond acceptors (Lipinski definition) is 4. The summed E-state index contributed by atoms with van der Waals surface area (Å²) in [6.07, 6.45) is 2.80. The van der Waals surface area contributed by atoms with E-state index < -0.39 is 0 Å². The van der Waals surface area contributed by atoms with Crippen LogP contribution in [0.5, 0.6) is 0 Å². The average molecular weight is 763 g/mol. The molecule has 4 nitrogen and oxygen atoms in total. The van der Waals surface area contributed by atoms with Gasteiger partial charge in [-0.05, 0) is 96.0 Å². The normalized spacial score (nSPS) is 13.9. The van der Waals surface area contributed by atoms with E-state index in [9.17, 15) is 0 Å². The van der Waals surface area contributed by atoms with Gasteiger partial charge in [0.1, 0.15) is 6.17 Å². The van der Waals surface area contributed by atoms with Crippen LogP contribution in [0.25, 0.3) is 61.9 Å². The van der Waals surface area contributed by atoms with E-state index in [1.165, 1.54) is 27.8 Å². The summed E-state index contributed by atoms with van der Waals surface area (Å²) in [6.45, 7) is 8.62. The summed E-state index contributed by atoms with van der Waals surface area (Å²) in [5.41, 5.74) is 20.0. The lowest BCUT2D eigenvalue weighted by molar-refractivity contribution is 0.668. The average Bonchev–Trinajstić information content (AvgIpc) is 3.51. The van der Waals surface area contributed by atoms with Crippen LogP contribution in [0.4, 0.5) is 0 Å². The van der Waals surface area contributed by atoms with E-state index in [1.54, 1.807) is 0 Å². The number of nitrogens with zero attached hydrogens (tertiary/aromatic N) is 3. The van der Waals surface area contributed by atoms with Crippen molar-refractivity contribution in [1.82, 2.24) is 15.3 Å². The third kappa shape index (κ3) is 7.78. The maximum atomic E-state index is 5.43. The number of hydrogen-bond donors (Lipinski definition) is 1. The van der Waals surface area contributed by atoms with Crippen LogP contribution in [-0.4, -0.2) is 15.7 Å². The lowest BCUT2D eigenvalue weighted by Crippen LogP contribution is -2.19. The molecule has 59 heavy (non-hydrogen) atoms. The van der Waals surface area contributed by atoms with Crippen molar-refractivity contribution in [2.45, 2.75) is 40.3 Å². The molecule has 0 aliphatic carbocycles. The molecule has 1 N–H and O–H groups in total. The van der Waals surface area contributed by atoms with Crippen molar-refractivity contribution in [3.8, 4) is 56.2 Å². The minimum Gasteiger partial charge on any atom is -0.360 e. The Kier molecular flexibility index (Phi) is 10.4. The molecule has 2 heterocycles. The number of aromatic nitrogens is 2. The predicted molar refractivity (Wildman–Crippen MR) is 246 cm³/mol. The second kappa shape index (κ2) is 16.4. The SMILES string of the molecule is Cc1ccccc1C1=CCC(c2cccc(-c3cccc(-c4cccc(-c5nc(-c6ccccc6)nc(-c6ccccc6C)c5C)c4)c3)c2)=NC(c2ccccc2C)N1. The second-order valence-electron chi connectivity index (χ2n) is 15.4. The first-order valence-corrected chi connectivity index (χ1v) is 20.4. The Morgan fingerprint density at radius 1 is 0.441 bits per heavy atom. The molecule has 1 aliphatic rings. The molecule has 1 atom stereocenters. The second-order valence-corrected chi connectivity index (χ2v) is 15.4. The van der Waals surface area contributed by atoms with Crippen molar-refractivity contribution >= 4 is 11.4 Å². The maximum absolute atomic E-state index is 5.43. The Morgan fingerprint density at radius 2 is 0.932 bits per heavy atom. The summed E-state index contributed by atoms with van der Waals surface area (Å²) in [5.74, 6) is 0.720. The van der Waals surface area contributed by atoms with Crippen LogP contribution in [0.1, 0.15) is 51.5 Å². The number of aliphatic imine (C=N–C) groups is 1. The van der Waals surface area contributed by atoms with E-state index in [1.807, 2.05) is 18.2 Å². The van der Waals surface area contributed by atoms with Gasteiger partial charge in [0.05, 0.1) is 11.4 Å². The molecule has 8 aromatic rings.